The lowest BCUT2D eigenvalue weighted by Gasteiger charge is -2.74. The van der Waals surface area contributed by atoms with E-state index < -0.39 is 23.4 Å². The first-order valence-corrected chi connectivity index (χ1v) is 59.6. The van der Waals surface area contributed by atoms with Crippen molar-refractivity contribution in [2.24, 2.45) is 233 Å². The standard InChI is InChI=1S/2C23H36O2.2C22H34O3.C14H26O2.C12H24O2.C10H20O2/c1-6-21(2,3)20(24)25-22(4,5)23-10-17-14-7-13-8-15(17)19(12-23)16(9-13)18(14)11-23;1-6-22(2,3)21(24)25-23(4,5)20-13-10-15-14-7-12-8-17(15)19(20)18(9-12)16(14)11-13;1-5-21(3,4)20(23)24-12(2)25-22-11-14-7-16-15-6-13(9-18(16)22)10-19(22)17(15)8-14;1-5-21(3,4)20(23)24-12(2)25-22-9-17-14-6-13-7-15(17)19(11-22)16(8-13)18(14)10-22;1-6-13(2,3)12(15)16-14(4,5)11-9-7-8-10-11;1-8-11(4,5)10(13)14-12(6,7)9(2)3;1-7-10(5,6)8(11)12-9(2,3)4/h13-19H,6-12H2,1-5H3;12-20H,6-11H2,1-5H3;2*12-19H,5-11H2,1-4H3;11H,6-10H2,1-5H3;9H,8H2,1-7H3;7H2,1-6H3. The van der Waals surface area contributed by atoms with Crippen molar-refractivity contribution in [1.82, 2.24) is 0 Å². The van der Waals surface area contributed by atoms with Gasteiger partial charge >= 0.3 is 41.8 Å². The summed E-state index contributed by atoms with van der Waals surface area (Å²) in [4.78, 5) is 85.9. The van der Waals surface area contributed by atoms with Crippen LogP contribution in [-0.2, 0) is 76.2 Å². The summed E-state index contributed by atoms with van der Waals surface area (Å²) in [6, 6.07) is 0. The third-order valence-electron chi connectivity index (χ3n) is 47.0. The van der Waals surface area contributed by atoms with Gasteiger partial charge in [-0.25, -0.2) is 0 Å². The normalized spacial score (nSPS) is 39.7. The van der Waals surface area contributed by atoms with E-state index in [0.29, 0.717) is 17.8 Å². The Balaban J connectivity index is 0.000000127. The van der Waals surface area contributed by atoms with Crippen molar-refractivity contribution in [1.29, 1.82) is 0 Å². The van der Waals surface area contributed by atoms with E-state index >= 15 is 0 Å². The van der Waals surface area contributed by atoms with Crippen LogP contribution in [0.4, 0.5) is 0 Å². The van der Waals surface area contributed by atoms with Crippen LogP contribution < -0.4 is 0 Å². The van der Waals surface area contributed by atoms with Crippen molar-refractivity contribution in [3.63, 3.8) is 0 Å². The van der Waals surface area contributed by atoms with E-state index in [1.54, 1.807) is 6.42 Å². The van der Waals surface area contributed by atoms with Gasteiger partial charge in [-0.05, 0) is 576 Å². The third-order valence-corrected chi connectivity index (χ3v) is 47.0. The minimum absolute atomic E-state index is 0.00370. The Morgan fingerprint density at radius 3 is 0.915 bits per heavy atom. The lowest BCUT2D eigenvalue weighted by Crippen LogP contribution is -2.72. The van der Waals surface area contributed by atoms with Gasteiger partial charge in [0, 0.05) is 11.3 Å². The van der Waals surface area contributed by atoms with Gasteiger partial charge < -0.3 is 42.6 Å². The first kappa shape index (κ1) is 112. The monoisotopic (exact) mass is 1980 g/mol. The van der Waals surface area contributed by atoms with E-state index in [0.717, 1.165) is 217 Å². The minimum atomic E-state index is -0.420. The molecule has 32 bridgehead atoms. The van der Waals surface area contributed by atoms with E-state index in [1.165, 1.54) is 167 Å². The highest BCUT2D eigenvalue weighted by molar-refractivity contribution is 5.79. The highest BCUT2D eigenvalue weighted by Crippen LogP contribution is 2.80. The van der Waals surface area contributed by atoms with Crippen molar-refractivity contribution in [3.8, 4) is 0 Å². The molecule has 0 amide bonds. The van der Waals surface area contributed by atoms with Gasteiger partial charge in [0.25, 0.3) is 0 Å². The van der Waals surface area contributed by atoms with Gasteiger partial charge in [-0.1, -0.05) is 75.2 Å². The summed E-state index contributed by atoms with van der Waals surface area (Å²) in [7, 11) is 0. The molecule has 0 aromatic heterocycles. The van der Waals surface area contributed by atoms with E-state index in [2.05, 4.69) is 69.2 Å². The van der Waals surface area contributed by atoms with Crippen molar-refractivity contribution < 1.29 is 76.2 Å². The highest BCUT2D eigenvalue weighted by atomic mass is 16.7. The Hall–Kier alpha value is -3.79. The molecule has 142 heavy (non-hydrogen) atoms. The predicted molar refractivity (Wildman–Crippen MR) is 564 cm³/mol. The largest absolute Gasteiger partial charge is 0.460 e. The number of hydrogen-bond acceptors (Lipinski definition) is 16. The molecule has 0 aromatic carbocycles. The lowest BCUT2D eigenvalue weighted by molar-refractivity contribution is -0.338. The fourth-order valence-corrected chi connectivity index (χ4v) is 35.9. The average Bonchev–Trinajstić information content (AvgIpc) is 0.752. The molecule has 11 atom stereocenters. The van der Waals surface area contributed by atoms with Crippen LogP contribution in [0.3, 0.4) is 0 Å². The minimum Gasteiger partial charge on any atom is -0.460 e. The van der Waals surface area contributed by atoms with Crippen LogP contribution >= 0.6 is 0 Å². The van der Waals surface area contributed by atoms with Crippen molar-refractivity contribution in [3.05, 3.63) is 0 Å². The number of rotatable bonds is 28. The predicted octanol–water partition coefficient (Wildman–Crippen LogP) is 30.4. The lowest BCUT2D eigenvalue weighted by atomic mass is 9.31. The molecule has 0 radical (unpaired) electrons. The fourth-order valence-electron chi connectivity index (χ4n) is 35.9. The van der Waals surface area contributed by atoms with Gasteiger partial charge in [0.05, 0.1) is 49.1 Å². The summed E-state index contributed by atoms with van der Waals surface area (Å²) in [5.41, 5.74) is -4.01. The maximum atomic E-state index is 12.9. The molecule has 0 aromatic rings. The molecule has 16 heteroatoms. The van der Waals surface area contributed by atoms with E-state index in [-0.39, 0.29) is 113 Å². The Morgan fingerprint density at radius 1 is 0.282 bits per heavy atom. The van der Waals surface area contributed by atoms with E-state index in [1.807, 2.05) is 180 Å². The summed E-state index contributed by atoms with van der Waals surface area (Å²) in [6.45, 7) is 72.5. The second kappa shape index (κ2) is 40.0. The molecule has 0 spiro atoms. The van der Waals surface area contributed by atoms with Gasteiger partial charge in [0.1, 0.15) is 28.0 Å². The Bertz CT molecular complexity index is 4290. The number of esters is 7. The molecule has 29 aliphatic carbocycles. The Kier molecular flexibility index (Phi) is 31.7. The van der Waals surface area contributed by atoms with Gasteiger partial charge in [0.2, 0.25) is 12.6 Å². The van der Waals surface area contributed by atoms with E-state index in [4.69, 9.17) is 42.6 Å². The maximum absolute atomic E-state index is 12.9. The number of hydrogen-bond donors (Lipinski definition) is 0. The number of carbonyl (C=O) groups excluding carboxylic acids is 7. The number of carbonyl (C=O) groups is 7. The van der Waals surface area contributed by atoms with Gasteiger partial charge in [0.15, 0.2) is 0 Å². The average molecular weight is 1980 g/mol. The molecular weight excluding hydrogens is 1770 g/mol. The first-order valence-electron chi connectivity index (χ1n) is 59.6. The molecule has 16 nitrogen and oxygen atoms in total. The summed E-state index contributed by atoms with van der Waals surface area (Å²) in [5, 5.41) is 0. The van der Waals surface area contributed by atoms with Crippen LogP contribution in [0, 0.1) is 233 Å². The number of ether oxygens (including phenoxy) is 9. The second-order valence-corrected chi connectivity index (χ2v) is 60.7. The smallest absolute Gasteiger partial charge is 0.313 e. The zero-order chi connectivity index (χ0) is 105. The van der Waals surface area contributed by atoms with Crippen LogP contribution in [0.1, 0.15) is 468 Å². The van der Waals surface area contributed by atoms with Crippen LogP contribution in [-0.4, -0.2) is 93.6 Å². The third kappa shape index (κ3) is 21.1. The molecule has 29 saturated carbocycles. The zero-order valence-corrected chi connectivity index (χ0v) is 97.2. The van der Waals surface area contributed by atoms with Gasteiger partial charge in [-0.3, -0.25) is 33.6 Å². The quantitative estimate of drug-likeness (QED) is 0.0406. The highest BCUT2D eigenvalue weighted by Gasteiger charge is 2.75. The van der Waals surface area contributed by atoms with Gasteiger partial charge in [-0.2, -0.15) is 0 Å². The molecule has 29 aliphatic rings. The molecular formula is C126H210O16. The van der Waals surface area contributed by atoms with E-state index in [9.17, 15) is 33.6 Å². The molecule has 29 fully saturated rings. The van der Waals surface area contributed by atoms with Gasteiger partial charge in [-0.15, -0.1) is 0 Å². The molecule has 0 N–H and O–H groups in total. The molecule has 810 valence electrons. The summed E-state index contributed by atoms with van der Waals surface area (Å²) in [5.74, 6) is 28.5. The maximum Gasteiger partial charge on any atom is 0.313 e. The summed E-state index contributed by atoms with van der Waals surface area (Å²) >= 11 is 0. The molecule has 0 saturated heterocycles. The van der Waals surface area contributed by atoms with Crippen molar-refractivity contribution in [2.45, 2.75) is 519 Å². The SMILES string of the molecule is CCC(C)(C)C(=O)OC(C)(C)C.CCC(C)(C)C(=O)OC(C)(C)C(C)C.CCC(C)(C)C(=O)OC(C)(C)C12CC3C4CC5CC3C(C1)C(C5)C4C2.CCC(C)(C)C(=O)OC(C)(C)C1C2CC3C4CC5CC3C1C(C5)C4C2.CCC(C)(C)C(=O)OC(C)(C)C1CCCC1.CCC(C)(C)C(=O)OC(C)OC12CC3C4CC5CC3C(C1)C(C5)C4C2.CCC(C)(C)C(=O)OC(C)OC12CC3CC4C5CC(CC41)CC2C5C3. The molecule has 11 unspecified atom stereocenters. The molecule has 0 aliphatic heterocycles. The first-order chi connectivity index (χ1) is 65.7. The van der Waals surface area contributed by atoms with Crippen molar-refractivity contribution >= 4 is 41.8 Å². The fraction of sp³-hybridized carbons (Fsp3) is 0.944. The Morgan fingerprint density at radius 2 is 0.563 bits per heavy atom. The second-order valence-electron chi connectivity index (χ2n) is 60.7. The zero-order valence-electron chi connectivity index (χ0n) is 97.2. The Labute approximate surface area is 864 Å². The van der Waals surface area contributed by atoms with Crippen molar-refractivity contribution in [2.75, 3.05) is 0 Å². The summed E-state index contributed by atoms with van der Waals surface area (Å²) in [6.07, 6.45) is 42.4. The van der Waals surface area contributed by atoms with Crippen LogP contribution in [0.2, 0.25) is 0 Å². The van der Waals surface area contributed by atoms with Crippen LogP contribution in [0.25, 0.3) is 0 Å². The topological polar surface area (TPSA) is 203 Å². The molecule has 29 rings (SSSR count). The van der Waals surface area contributed by atoms with Crippen LogP contribution in [0.5, 0.6) is 0 Å². The summed E-state index contributed by atoms with van der Waals surface area (Å²) < 4.78 is 53.9. The van der Waals surface area contributed by atoms with Crippen LogP contribution in [0.15, 0.2) is 0 Å². The molecule has 0 heterocycles.